The van der Waals surface area contributed by atoms with E-state index in [2.05, 4.69) is 15.2 Å². The Labute approximate surface area is 136 Å². The first-order valence-corrected chi connectivity index (χ1v) is 6.86. The molecule has 0 unspecified atom stereocenters. The Balaban J connectivity index is 1.82. The predicted octanol–water partition coefficient (Wildman–Crippen LogP) is 2.98. The molecular formula is C16H13N3O5. The van der Waals surface area contributed by atoms with Gasteiger partial charge in [0.1, 0.15) is 35.9 Å². The summed E-state index contributed by atoms with van der Waals surface area (Å²) in [5.41, 5.74) is 0.153. The molecule has 0 aliphatic heterocycles. The molecule has 0 amide bonds. The fourth-order valence-corrected chi connectivity index (χ4v) is 1.93. The van der Waals surface area contributed by atoms with Gasteiger partial charge in [-0.05, 0) is 12.1 Å². The molecule has 0 fully saturated rings. The summed E-state index contributed by atoms with van der Waals surface area (Å²) in [6.07, 6.45) is 4.81. The van der Waals surface area contributed by atoms with E-state index >= 15 is 0 Å². The Kier molecular flexibility index (Phi) is 4.28. The number of methoxy groups -OCH3 is 1. The molecule has 0 radical (unpaired) electrons. The summed E-state index contributed by atoms with van der Waals surface area (Å²) in [6, 6.07) is 6.91. The van der Waals surface area contributed by atoms with Gasteiger partial charge in [0, 0.05) is 12.1 Å². The van der Waals surface area contributed by atoms with Crippen molar-refractivity contribution in [3.8, 4) is 17.2 Å². The second kappa shape index (κ2) is 6.69. The molecule has 1 aromatic carbocycles. The molecule has 8 nitrogen and oxygen atoms in total. The van der Waals surface area contributed by atoms with Crippen LogP contribution in [0, 0.1) is 0 Å². The third kappa shape index (κ3) is 3.27. The van der Waals surface area contributed by atoms with Crippen molar-refractivity contribution < 1.29 is 23.8 Å². The molecule has 0 bridgehead atoms. The zero-order chi connectivity index (χ0) is 16.9. The Morgan fingerprint density at radius 1 is 1.33 bits per heavy atom. The van der Waals surface area contributed by atoms with E-state index in [1.807, 2.05) is 0 Å². The second-order valence-corrected chi connectivity index (χ2v) is 4.65. The van der Waals surface area contributed by atoms with Gasteiger partial charge in [0.2, 0.25) is 5.82 Å². The number of benzene rings is 1. The number of ketones is 1. The van der Waals surface area contributed by atoms with Crippen LogP contribution in [0.15, 0.2) is 53.6 Å². The van der Waals surface area contributed by atoms with E-state index in [1.165, 1.54) is 18.9 Å². The van der Waals surface area contributed by atoms with Crippen molar-refractivity contribution in [1.29, 1.82) is 0 Å². The minimum absolute atomic E-state index is 0.0158. The summed E-state index contributed by atoms with van der Waals surface area (Å²) in [6.45, 7) is 0. The van der Waals surface area contributed by atoms with Gasteiger partial charge in [-0.25, -0.2) is 4.98 Å². The monoisotopic (exact) mass is 327 g/mol. The number of nitrogens with one attached hydrogen (secondary N) is 1. The average Bonchev–Trinajstić information content (AvgIpc) is 3.26. The fraction of sp³-hybridized carbons (Fsp3) is 0.0625. The number of aliphatic hydroxyl groups excluding tert-OH is 1. The van der Waals surface area contributed by atoms with Gasteiger partial charge in [-0.3, -0.25) is 9.89 Å². The first-order chi connectivity index (χ1) is 11.7. The zero-order valence-corrected chi connectivity index (χ0v) is 12.6. The van der Waals surface area contributed by atoms with Gasteiger partial charge in [-0.2, -0.15) is 5.10 Å². The van der Waals surface area contributed by atoms with Crippen molar-refractivity contribution in [2.75, 3.05) is 7.11 Å². The molecule has 0 saturated heterocycles. The maximum Gasteiger partial charge on any atom is 0.215 e. The van der Waals surface area contributed by atoms with E-state index in [4.69, 9.17) is 13.9 Å². The van der Waals surface area contributed by atoms with Crippen molar-refractivity contribution in [3.63, 3.8) is 0 Å². The molecule has 3 rings (SSSR count). The van der Waals surface area contributed by atoms with Crippen molar-refractivity contribution in [2.24, 2.45) is 0 Å². The highest BCUT2D eigenvalue weighted by Gasteiger charge is 2.16. The molecule has 0 atom stereocenters. The van der Waals surface area contributed by atoms with Crippen molar-refractivity contribution in [1.82, 2.24) is 15.2 Å². The van der Waals surface area contributed by atoms with Crippen LogP contribution in [-0.2, 0) is 0 Å². The van der Waals surface area contributed by atoms with E-state index in [-0.39, 0.29) is 22.9 Å². The SMILES string of the molecule is COc1cccc(Oc2cocc2C(=O)C=C(O)c2nc[nH]n2)c1. The summed E-state index contributed by atoms with van der Waals surface area (Å²) in [4.78, 5) is 16.0. The molecule has 2 aromatic heterocycles. The molecule has 0 spiro atoms. The van der Waals surface area contributed by atoms with Crippen molar-refractivity contribution in [3.05, 3.63) is 60.6 Å². The average molecular weight is 327 g/mol. The summed E-state index contributed by atoms with van der Waals surface area (Å²) in [7, 11) is 1.54. The number of aromatic nitrogens is 3. The minimum Gasteiger partial charge on any atom is -0.504 e. The molecule has 0 saturated carbocycles. The molecule has 0 aliphatic carbocycles. The third-order valence-electron chi connectivity index (χ3n) is 3.07. The van der Waals surface area contributed by atoms with Gasteiger partial charge in [0.15, 0.2) is 17.3 Å². The van der Waals surface area contributed by atoms with Crippen LogP contribution in [0.5, 0.6) is 17.2 Å². The Morgan fingerprint density at radius 2 is 2.17 bits per heavy atom. The molecular weight excluding hydrogens is 314 g/mol. The first-order valence-electron chi connectivity index (χ1n) is 6.86. The molecule has 2 heterocycles. The summed E-state index contributed by atoms with van der Waals surface area (Å²) in [5, 5.41) is 16.0. The number of H-pyrrole nitrogens is 1. The topological polar surface area (TPSA) is 110 Å². The highest BCUT2D eigenvalue weighted by Crippen LogP contribution is 2.29. The number of aromatic amines is 1. The number of rotatable bonds is 6. The van der Waals surface area contributed by atoms with Gasteiger partial charge >= 0.3 is 0 Å². The van der Waals surface area contributed by atoms with Crippen molar-refractivity contribution in [2.45, 2.75) is 0 Å². The number of carbonyl (C=O) groups excluding carboxylic acids is 1. The van der Waals surface area contributed by atoms with Gasteiger partial charge < -0.3 is 19.0 Å². The smallest absolute Gasteiger partial charge is 0.215 e. The number of aliphatic hydroxyl groups is 1. The quantitative estimate of drug-likeness (QED) is 0.407. The lowest BCUT2D eigenvalue weighted by molar-refractivity contribution is 0.104. The Hall–Kier alpha value is -3.55. The second-order valence-electron chi connectivity index (χ2n) is 4.65. The Morgan fingerprint density at radius 3 is 2.92 bits per heavy atom. The minimum atomic E-state index is -0.510. The standard InChI is InChI=1S/C16H13N3O5/c1-22-10-3-2-4-11(5-10)24-15-8-23-7-12(15)13(20)6-14(21)16-17-9-18-19-16/h2-9,21H,1H3,(H,17,18,19). The van der Waals surface area contributed by atoms with Crippen molar-refractivity contribution >= 4 is 11.5 Å². The number of furan rings is 1. The van der Waals surface area contributed by atoms with E-state index < -0.39 is 5.78 Å². The van der Waals surface area contributed by atoms with Crippen LogP contribution in [0.2, 0.25) is 0 Å². The van der Waals surface area contributed by atoms with Crippen LogP contribution < -0.4 is 9.47 Å². The van der Waals surface area contributed by atoms with Crippen LogP contribution in [-0.4, -0.2) is 33.2 Å². The number of hydrogen-bond acceptors (Lipinski definition) is 7. The number of hydrogen-bond donors (Lipinski definition) is 2. The highest BCUT2D eigenvalue weighted by atomic mass is 16.5. The molecule has 0 aliphatic rings. The molecule has 3 aromatic rings. The van der Waals surface area contributed by atoms with Crippen LogP contribution in [0.25, 0.3) is 5.76 Å². The number of nitrogens with zero attached hydrogens (tertiary/aromatic N) is 2. The largest absolute Gasteiger partial charge is 0.504 e. The van der Waals surface area contributed by atoms with Crippen LogP contribution >= 0.6 is 0 Å². The number of allylic oxidation sites excluding steroid dienone is 1. The van der Waals surface area contributed by atoms with Crippen LogP contribution in [0.1, 0.15) is 16.2 Å². The third-order valence-corrected chi connectivity index (χ3v) is 3.07. The fourth-order valence-electron chi connectivity index (χ4n) is 1.93. The van der Waals surface area contributed by atoms with Crippen LogP contribution in [0.4, 0.5) is 0 Å². The molecule has 24 heavy (non-hydrogen) atoms. The lowest BCUT2D eigenvalue weighted by Gasteiger charge is -2.06. The summed E-state index contributed by atoms with van der Waals surface area (Å²) in [5.74, 6) is 0.450. The molecule has 8 heteroatoms. The van der Waals surface area contributed by atoms with Gasteiger partial charge in [0.25, 0.3) is 0 Å². The predicted molar refractivity (Wildman–Crippen MR) is 83.1 cm³/mol. The van der Waals surface area contributed by atoms with E-state index in [1.54, 1.807) is 31.4 Å². The zero-order valence-electron chi connectivity index (χ0n) is 12.6. The lowest BCUT2D eigenvalue weighted by atomic mass is 10.2. The maximum atomic E-state index is 12.3. The first kappa shape index (κ1) is 15.3. The molecule has 2 N–H and O–H groups in total. The normalized spacial score (nSPS) is 11.3. The van der Waals surface area contributed by atoms with Crippen LogP contribution in [0.3, 0.4) is 0 Å². The van der Waals surface area contributed by atoms with Gasteiger partial charge in [-0.15, -0.1) is 0 Å². The van der Waals surface area contributed by atoms with E-state index in [0.717, 1.165) is 6.08 Å². The van der Waals surface area contributed by atoms with Gasteiger partial charge in [-0.1, -0.05) is 6.07 Å². The summed E-state index contributed by atoms with van der Waals surface area (Å²) >= 11 is 0. The van der Waals surface area contributed by atoms with E-state index in [9.17, 15) is 9.90 Å². The molecule has 122 valence electrons. The maximum absolute atomic E-state index is 12.3. The highest BCUT2D eigenvalue weighted by molar-refractivity contribution is 6.09. The number of ether oxygens (including phenoxy) is 2. The van der Waals surface area contributed by atoms with E-state index in [0.29, 0.717) is 11.5 Å². The van der Waals surface area contributed by atoms with Gasteiger partial charge in [0.05, 0.1) is 7.11 Å². The lowest BCUT2D eigenvalue weighted by Crippen LogP contribution is -1.98. The Bertz CT molecular complexity index is 867. The summed E-state index contributed by atoms with van der Waals surface area (Å²) < 4.78 is 15.8. The number of carbonyl (C=O) groups is 1.